The summed E-state index contributed by atoms with van der Waals surface area (Å²) in [6.07, 6.45) is 35.7. The van der Waals surface area contributed by atoms with E-state index in [-0.39, 0.29) is 46.4 Å². The number of amides is 5. The van der Waals surface area contributed by atoms with Crippen LogP contribution in [0.4, 0.5) is 54.9 Å². The van der Waals surface area contributed by atoms with Gasteiger partial charge in [0.1, 0.15) is 46.5 Å². The van der Waals surface area contributed by atoms with Gasteiger partial charge in [0.05, 0.1) is 62.9 Å². The van der Waals surface area contributed by atoms with E-state index in [4.69, 9.17) is 29.7 Å². The number of alkyl halides is 6. The first-order chi connectivity index (χ1) is 59.0. The second-order valence-corrected chi connectivity index (χ2v) is 33.0. The van der Waals surface area contributed by atoms with Crippen molar-refractivity contribution in [2.24, 2.45) is 35.5 Å². The van der Waals surface area contributed by atoms with Crippen LogP contribution in [0.15, 0.2) is 172 Å². The van der Waals surface area contributed by atoms with E-state index in [2.05, 4.69) is 131 Å². The van der Waals surface area contributed by atoms with Gasteiger partial charge in [-0.3, -0.25) is 24.0 Å². The Hall–Kier alpha value is -12.0. The van der Waals surface area contributed by atoms with Crippen molar-refractivity contribution < 1.29 is 74.7 Å². The number of carbonyl (C=O) groups excluding carboxylic acids is 5. The SMILES string of the molecule is C=C(CO)C(=O)Nc1cnc(C#N)c(/C=C/C2CCC(C(C)(F)F)CC2)c1.C=C(CO)C(=O)Nc1cnc(OC)c(/C=C/C2CCC(C(C)(F)F)CC2)c1.C=CC(=O)Nc1cc(/C=C/C2CCC(C)(F)CC2)c(C#N)cn1.C=CC(=O)Nc1cc(/C=C/C2CCC(C)(F)CC2)c2c(c1)CCO2.C=CC(=O)Nc1cc2c(c(-c3ccc(C(C)C)cc3)c1)OCC2. The number of hydrogen-bond acceptors (Lipinski definition) is 15. The number of rotatable bonds is 25. The Balaban J connectivity index is 0.000000192. The Labute approximate surface area is 723 Å². The number of pyridine rings is 3. The topological polar surface area (TPSA) is 300 Å². The summed E-state index contributed by atoms with van der Waals surface area (Å²) in [6, 6.07) is 25.4. The Kier molecular flexibility index (Phi) is 36.1. The number of hydrogen-bond donors (Lipinski definition) is 7. The number of allylic oxidation sites excluding steroid dienone is 4. The molecule has 4 saturated carbocycles. The first-order valence-corrected chi connectivity index (χ1v) is 41.9. The number of ether oxygens (including phenoxy) is 3. The van der Waals surface area contributed by atoms with Crippen LogP contribution in [0, 0.1) is 58.2 Å². The largest absolute Gasteiger partial charge is 0.492 e. The summed E-state index contributed by atoms with van der Waals surface area (Å²) in [6.45, 7) is 27.4. The van der Waals surface area contributed by atoms with Gasteiger partial charge in [-0.15, -0.1) is 0 Å². The van der Waals surface area contributed by atoms with Crippen molar-refractivity contribution >= 4 is 82.4 Å². The second-order valence-electron chi connectivity index (χ2n) is 33.0. The predicted molar refractivity (Wildman–Crippen MR) is 477 cm³/mol. The Morgan fingerprint density at radius 3 is 1.41 bits per heavy atom. The third kappa shape index (κ3) is 29.9. The summed E-state index contributed by atoms with van der Waals surface area (Å²) in [5.41, 5.74) is 9.54. The molecule has 658 valence electrons. The summed E-state index contributed by atoms with van der Waals surface area (Å²) >= 11 is 0. The van der Waals surface area contributed by atoms with Crippen molar-refractivity contribution in [1.82, 2.24) is 15.0 Å². The van der Waals surface area contributed by atoms with Gasteiger partial charge in [-0.1, -0.05) is 120 Å². The number of carbonyl (C=O) groups is 5. The molecule has 6 aliphatic rings. The van der Waals surface area contributed by atoms with Crippen LogP contribution in [0.3, 0.4) is 0 Å². The van der Waals surface area contributed by atoms with Crippen molar-refractivity contribution in [2.45, 2.75) is 186 Å². The van der Waals surface area contributed by atoms with Crippen LogP contribution in [-0.4, -0.2) is 111 Å². The molecule has 0 atom stereocenters. The highest BCUT2D eigenvalue weighted by Crippen LogP contribution is 2.44. The van der Waals surface area contributed by atoms with Gasteiger partial charge in [0.2, 0.25) is 35.4 Å². The first kappa shape index (κ1) is 97.4. The third-order valence-corrected chi connectivity index (χ3v) is 22.8. The normalized spacial score (nSPS) is 20.7. The van der Waals surface area contributed by atoms with Crippen molar-refractivity contribution in [1.29, 1.82) is 10.5 Å². The molecule has 3 aromatic carbocycles. The lowest BCUT2D eigenvalue weighted by molar-refractivity contribution is -0.114. The van der Waals surface area contributed by atoms with Gasteiger partial charge >= 0.3 is 0 Å². The lowest BCUT2D eigenvalue weighted by Crippen LogP contribution is -2.28. The standard InChI is InChI=1S/C20H23F2N3O2.C20H26F2N2O3.C20H24FNO2.C20H21NO2.C18H20FN3O/c1-13(12-26)19(27)25-17-9-15(18(10-23)24-11-17)6-3-14-4-7-16(8-5-14)20(2,21)22;1-13(12-25)18(26)24-17-10-15(19(27-3)23-11-17)7-4-14-5-8-16(9-6-14)20(2,21)22;1-3-18(23)22-17-12-15(19-16(13-17)8-11-24-19)5-4-14-6-9-20(2,21)10-7-14;1-4-19(22)21-17-11-16-9-10-23-20(16)18(12-17)15-7-5-14(6-8-15)13(2)3;1-3-17(23)22-16-10-14(15(11-20)12-21-16)5-4-13-6-8-18(2,19)9-7-13/h3,6,9,11,14,16,26H,1,4-5,7-8,12H2,2H3,(H,25,27);4,7,10-11,14,16,25H,1,5-6,8-9,12H2,2-3H3,(H,24,26);3-5,12-14H,1,6-11H2,2H3,(H,22,23);4-8,11-13H,1,9-10H2,2-3H3,(H,21,22);3-5,10,12-13H,1,6-9H2,2H3,(H,21,22,23)/b6-3+;7-4+;5-4+;;5-4+. The number of aliphatic hydroxyl groups is 2. The fourth-order valence-corrected chi connectivity index (χ4v) is 15.2. The van der Waals surface area contributed by atoms with Crippen LogP contribution in [-0.2, 0) is 36.8 Å². The molecular formula is C98H114F6N10O10. The third-order valence-electron chi connectivity index (χ3n) is 22.8. The molecule has 0 unspecified atom stereocenters. The number of nitrogens with one attached hydrogen (secondary N) is 5. The Bertz CT molecular complexity index is 4990. The summed E-state index contributed by atoms with van der Waals surface area (Å²) in [5, 5.41) is 49.7. The molecule has 3 aromatic heterocycles. The Morgan fingerprint density at radius 1 is 0.540 bits per heavy atom. The van der Waals surface area contributed by atoms with Crippen LogP contribution in [0.25, 0.3) is 35.4 Å². The lowest BCUT2D eigenvalue weighted by atomic mass is 9.79. The molecular weight excluding hydrogens is 1590 g/mol. The first-order valence-electron chi connectivity index (χ1n) is 41.9. The van der Waals surface area contributed by atoms with Crippen LogP contribution >= 0.6 is 0 Å². The van der Waals surface area contributed by atoms with Crippen LogP contribution < -0.4 is 40.8 Å². The highest BCUT2D eigenvalue weighted by Gasteiger charge is 2.38. The van der Waals surface area contributed by atoms with E-state index in [0.29, 0.717) is 153 Å². The molecule has 0 radical (unpaired) electrons. The molecule has 6 aromatic rings. The number of anilines is 5. The zero-order valence-electron chi connectivity index (χ0n) is 71.7. The zero-order chi connectivity index (χ0) is 90.5. The van der Waals surface area contributed by atoms with Gasteiger partial charge in [-0.25, -0.2) is 41.3 Å². The van der Waals surface area contributed by atoms with E-state index in [1.165, 1.54) is 43.4 Å². The average molecular weight is 1710 g/mol. The fraction of sp³-hybridized carbons (Fsp3) is 0.408. The molecule has 5 amide bonds. The molecule has 2 aliphatic heterocycles. The van der Waals surface area contributed by atoms with Gasteiger partial charge in [0.25, 0.3) is 11.8 Å². The van der Waals surface area contributed by atoms with Crippen molar-refractivity contribution in [2.75, 3.05) is 60.1 Å². The van der Waals surface area contributed by atoms with E-state index in [1.807, 2.05) is 60.7 Å². The summed E-state index contributed by atoms with van der Waals surface area (Å²) < 4.78 is 98.1. The molecule has 5 heterocycles. The highest BCUT2D eigenvalue weighted by atomic mass is 19.3. The fourth-order valence-electron chi connectivity index (χ4n) is 15.2. The number of aromatic nitrogens is 3. The summed E-state index contributed by atoms with van der Waals surface area (Å²) in [5.74, 6) is -3.97. The van der Waals surface area contributed by atoms with Gasteiger partial charge in [-0.05, 0) is 237 Å². The molecule has 0 saturated heterocycles. The van der Waals surface area contributed by atoms with Crippen molar-refractivity contribution in [3.05, 3.63) is 222 Å². The Morgan fingerprint density at radius 2 is 0.960 bits per heavy atom. The molecule has 26 heteroatoms. The van der Waals surface area contributed by atoms with E-state index in [1.54, 1.807) is 38.1 Å². The molecule has 4 fully saturated rings. The quantitative estimate of drug-likeness (QED) is 0.0207. The van der Waals surface area contributed by atoms with Crippen LogP contribution in [0.1, 0.15) is 200 Å². The minimum absolute atomic E-state index is 0.0148. The molecule has 12 rings (SSSR count). The minimum atomic E-state index is -2.64. The zero-order valence-corrected chi connectivity index (χ0v) is 71.7. The average Bonchev–Trinajstić information content (AvgIpc) is 1.59. The monoisotopic (exact) mass is 1700 g/mol. The van der Waals surface area contributed by atoms with Gasteiger partial charge in [-0.2, -0.15) is 10.5 Å². The van der Waals surface area contributed by atoms with E-state index in [0.717, 1.165) is 109 Å². The van der Waals surface area contributed by atoms with Crippen molar-refractivity contribution in [3.8, 4) is 40.6 Å². The molecule has 7 N–H and O–H groups in total. The second kappa shape index (κ2) is 45.9. The van der Waals surface area contributed by atoms with Gasteiger partial charge in [0.15, 0.2) is 0 Å². The van der Waals surface area contributed by atoms with Gasteiger partial charge < -0.3 is 51.0 Å². The number of nitriles is 2. The highest BCUT2D eigenvalue weighted by molar-refractivity contribution is 6.04. The van der Waals surface area contributed by atoms with Gasteiger partial charge in [0, 0.05) is 86.8 Å². The minimum Gasteiger partial charge on any atom is -0.492 e. The molecule has 4 aliphatic carbocycles. The van der Waals surface area contributed by atoms with E-state index < -0.39 is 60.0 Å². The molecule has 0 bridgehead atoms. The lowest BCUT2D eigenvalue weighted by Gasteiger charge is -2.30. The smallest absolute Gasteiger partial charge is 0.253 e. The number of methoxy groups -OCH3 is 1. The van der Waals surface area contributed by atoms with E-state index >= 15 is 0 Å². The number of nitrogens with zero attached hydrogens (tertiary/aromatic N) is 5. The number of halogens is 6. The van der Waals surface area contributed by atoms with Crippen LogP contribution in [0.5, 0.6) is 17.4 Å². The van der Waals surface area contributed by atoms with Crippen molar-refractivity contribution in [3.63, 3.8) is 0 Å². The molecule has 20 nitrogen and oxygen atoms in total. The van der Waals surface area contributed by atoms with E-state index in [9.17, 15) is 55.6 Å². The number of aliphatic hydroxyl groups excluding tert-OH is 2. The molecule has 124 heavy (non-hydrogen) atoms. The maximum atomic E-state index is 13.9. The van der Waals surface area contributed by atoms with Crippen LogP contribution in [0.2, 0.25) is 0 Å². The summed E-state index contributed by atoms with van der Waals surface area (Å²) in [7, 11) is 1.50. The maximum Gasteiger partial charge on any atom is 0.253 e. The predicted octanol–water partition coefficient (Wildman–Crippen LogP) is 21.2. The number of benzene rings is 3. The summed E-state index contributed by atoms with van der Waals surface area (Å²) in [4.78, 5) is 70.3. The molecule has 0 spiro atoms. The maximum absolute atomic E-state index is 13.9. The number of fused-ring (bicyclic) bond motifs is 2.